The van der Waals surface area contributed by atoms with Crippen LogP contribution in [0.1, 0.15) is 13.0 Å². The van der Waals surface area contributed by atoms with Crippen molar-refractivity contribution in [3.8, 4) is 0 Å². The predicted octanol–water partition coefficient (Wildman–Crippen LogP) is -0.261. The molecule has 1 aromatic rings. The van der Waals surface area contributed by atoms with Crippen LogP contribution in [0.2, 0.25) is 0 Å². The zero-order chi connectivity index (χ0) is 7.56. The maximum Gasteiger partial charge on any atom is 1.00 e. The number of nitrogens with two attached hydrogens (primary N) is 1. The van der Waals surface area contributed by atoms with Gasteiger partial charge in [-0.1, -0.05) is 24.9 Å². The first-order valence-corrected chi connectivity index (χ1v) is 4.28. The van der Waals surface area contributed by atoms with Gasteiger partial charge < -0.3 is 5.73 Å². The standard InChI is InChI=1S/C8H10NS.CH4.Na/c1-6-3-4-7(9)8(5-6)10-2;;/h3,5H,9H2,1-2H3;1H4;/q-1;;+1. The second kappa shape index (κ2) is 6.84. The van der Waals surface area contributed by atoms with Crippen molar-refractivity contribution in [2.45, 2.75) is 19.2 Å². The van der Waals surface area contributed by atoms with Crippen molar-refractivity contribution in [1.29, 1.82) is 0 Å². The fraction of sp³-hybridized carbons (Fsp3) is 0.333. The van der Waals surface area contributed by atoms with Crippen molar-refractivity contribution in [2.24, 2.45) is 0 Å². The number of anilines is 1. The Morgan fingerprint density at radius 3 is 2.50 bits per heavy atom. The van der Waals surface area contributed by atoms with Crippen LogP contribution in [0.3, 0.4) is 0 Å². The molecule has 3 heteroatoms. The fourth-order valence-corrected chi connectivity index (χ4v) is 1.34. The summed E-state index contributed by atoms with van der Waals surface area (Å²) in [5.41, 5.74) is 7.58. The Morgan fingerprint density at radius 1 is 1.50 bits per heavy atom. The number of thioether (sulfide) groups is 1. The van der Waals surface area contributed by atoms with Gasteiger partial charge in [-0.15, -0.1) is 0 Å². The van der Waals surface area contributed by atoms with E-state index in [1.165, 1.54) is 5.56 Å². The molecule has 0 spiro atoms. The Bertz CT molecular complexity index is 238. The van der Waals surface area contributed by atoms with Gasteiger partial charge in [-0.3, -0.25) is 0 Å². The molecule has 0 saturated heterocycles. The number of aryl methyl sites for hydroxylation is 1. The third kappa shape index (κ3) is 3.85. The van der Waals surface area contributed by atoms with Crippen molar-refractivity contribution < 1.29 is 29.6 Å². The molecule has 0 aliphatic carbocycles. The monoisotopic (exact) mass is 191 g/mol. The summed E-state index contributed by atoms with van der Waals surface area (Å²) < 4.78 is 0. The van der Waals surface area contributed by atoms with Gasteiger partial charge in [-0.25, -0.2) is 0 Å². The van der Waals surface area contributed by atoms with Gasteiger partial charge in [0, 0.05) is 0 Å². The van der Waals surface area contributed by atoms with Crippen LogP contribution in [0.15, 0.2) is 17.0 Å². The van der Waals surface area contributed by atoms with E-state index in [1.807, 2.05) is 19.2 Å². The summed E-state index contributed by atoms with van der Waals surface area (Å²) in [7, 11) is 0. The minimum atomic E-state index is 0. The Morgan fingerprint density at radius 2 is 2.08 bits per heavy atom. The predicted molar refractivity (Wildman–Crippen MR) is 52.9 cm³/mol. The van der Waals surface area contributed by atoms with Crippen LogP contribution in [0, 0.1) is 13.0 Å². The zero-order valence-electron chi connectivity index (χ0n) is 7.14. The summed E-state index contributed by atoms with van der Waals surface area (Å²) in [4.78, 5) is 1.11. The molecule has 0 aliphatic rings. The summed E-state index contributed by atoms with van der Waals surface area (Å²) >= 11 is 1.65. The van der Waals surface area contributed by atoms with E-state index in [1.54, 1.807) is 11.8 Å². The molecule has 0 heterocycles. The molecule has 0 fully saturated rings. The number of nitrogen functional groups attached to an aromatic ring is 1. The first-order valence-electron chi connectivity index (χ1n) is 3.06. The smallest absolute Gasteiger partial charge is 0.419 e. The summed E-state index contributed by atoms with van der Waals surface area (Å²) in [5.74, 6) is 0. The molecule has 0 atom stereocenters. The Hall–Kier alpha value is 0.370. The van der Waals surface area contributed by atoms with Crippen molar-refractivity contribution in [3.63, 3.8) is 0 Å². The minimum absolute atomic E-state index is 0. The van der Waals surface area contributed by atoms with Crippen molar-refractivity contribution in [3.05, 3.63) is 23.8 Å². The van der Waals surface area contributed by atoms with Gasteiger partial charge >= 0.3 is 29.6 Å². The van der Waals surface area contributed by atoms with Crippen LogP contribution in [0.4, 0.5) is 5.69 Å². The molecular formula is C9H14NNaS. The molecule has 0 saturated carbocycles. The van der Waals surface area contributed by atoms with E-state index < -0.39 is 0 Å². The van der Waals surface area contributed by atoms with Crippen molar-refractivity contribution in [2.75, 3.05) is 12.0 Å². The quantitative estimate of drug-likeness (QED) is 0.286. The third-order valence-corrected chi connectivity index (χ3v) is 2.08. The molecule has 2 N–H and O–H groups in total. The van der Waals surface area contributed by atoms with Gasteiger partial charge in [-0.05, 0) is 6.26 Å². The summed E-state index contributed by atoms with van der Waals surface area (Å²) in [6, 6.07) is 6.94. The average molecular weight is 191 g/mol. The topological polar surface area (TPSA) is 26.0 Å². The second-order valence-corrected chi connectivity index (χ2v) is 3.01. The van der Waals surface area contributed by atoms with Crippen LogP contribution >= 0.6 is 11.8 Å². The van der Waals surface area contributed by atoms with Crippen LogP contribution in [0.25, 0.3) is 0 Å². The van der Waals surface area contributed by atoms with E-state index in [0.717, 1.165) is 10.6 Å². The minimum Gasteiger partial charge on any atom is -0.419 e. The number of hydrogen-bond donors (Lipinski definition) is 1. The van der Waals surface area contributed by atoms with Crippen LogP contribution < -0.4 is 35.3 Å². The van der Waals surface area contributed by atoms with Gasteiger partial charge in [0.05, 0.1) is 0 Å². The van der Waals surface area contributed by atoms with Gasteiger partial charge in [0.1, 0.15) is 0 Å². The second-order valence-electron chi connectivity index (χ2n) is 2.16. The summed E-state index contributed by atoms with van der Waals surface area (Å²) in [6.45, 7) is 2.04. The maximum atomic E-state index is 5.62. The van der Waals surface area contributed by atoms with Crippen LogP contribution in [-0.2, 0) is 0 Å². The molecule has 62 valence electrons. The van der Waals surface area contributed by atoms with Crippen molar-refractivity contribution in [1.82, 2.24) is 0 Å². The molecule has 1 aromatic carbocycles. The Labute approximate surface area is 101 Å². The molecule has 1 rings (SSSR count). The molecule has 0 bridgehead atoms. The Balaban J connectivity index is 0. The van der Waals surface area contributed by atoms with E-state index in [2.05, 4.69) is 12.1 Å². The van der Waals surface area contributed by atoms with Gasteiger partial charge in [0.15, 0.2) is 0 Å². The zero-order valence-corrected chi connectivity index (χ0v) is 9.96. The molecule has 1 nitrogen and oxygen atoms in total. The van der Waals surface area contributed by atoms with E-state index in [-0.39, 0.29) is 37.0 Å². The SMILES string of the molecule is C.CSc1cc(C)c[c-]c1N.[Na+]. The van der Waals surface area contributed by atoms with E-state index in [9.17, 15) is 0 Å². The number of rotatable bonds is 1. The van der Waals surface area contributed by atoms with E-state index >= 15 is 0 Å². The van der Waals surface area contributed by atoms with Crippen molar-refractivity contribution >= 4 is 17.4 Å². The van der Waals surface area contributed by atoms with Crippen LogP contribution in [-0.4, -0.2) is 6.26 Å². The first kappa shape index (κ1) is 14.9. The average Bonchev–Trinajstić information content (AvgIpc) is 1.94. The summed E-state index contributed by atoms with van der Waals surface area (Å²) in [5, 5.41) is 0. The largest absolute Gasteiger partial charge is 1.00 e. The molecule has 0 aliphatic heterocycles. The summed E-state index contributed by atoms with van der Waals surface area (Å²) in [6.07, 6.45) is 2.01. The van der Waals surface area contributed by atoms with E-state index in [4.69, 9.17) is 5.73 Å². The fourth-order valence-electron chi connectivity index (χ4n) is 0.758. The molecule has 0 aromatic heterocycles. The molecule has 0 amide bonds. The molecular weight excluding hydrogens is 177 g/mol. The third-order valence-electron chi connectivity index (χ3n) is 1.30. The molecule has 0 radical (unpaired) electrons. The van der Waals surface area contributed by atoms with Gasteiger partial charge in [-0.2, -0.15) is 35.5 Å². The van der Waals surface area contributed by atoms with Gasteiger partial charge in [0.2, 0.25) is 0 Å². The number of benzene rings is 1. The molecule has 0 unspecified atom stereocenters. The molecule has 12 heavy (non-hydrogen) atoms. The maximum absolute atomic E-state index is 5.62. The normalized spacial score (nSPS) is 8.17. The van der Waals surface area contributed by atoms with E-state index in [0.29, 0.717) is 0 Å². The van der Waals surface area contributed by atoms with Gasteiger partial charge in [0.25, 0.3) is 0 Å². The first-order chi connectivity index (χ1) is 4.74. The Kier molecular flexibility index (Phi) is 8.48. The number of hydrogen-bond acceptors (Lipinski definition) is 2. The van der Waals surface area contributed by atoms with Crippen LogP contribution in [0.5, 0.6) is 0 Å².